The van der Waals surface area contributed by atoms with E-state index in [-0.39, 0.29) is 65.5 Å². The number of cyclic esters (lactones) is 3. The van der Waals surface area contributed by atoms with E-state index >= 15 is 0 Å². The summed E-state index contributed by atoms with van der Waals surface area (Å²) in [6.07, 6.45) is 37.4. The summed E-state index contributed by atoms with van der Waals surface area (Å²) in [5.41, 5.74) is 0.137. The number of ether oxygens (including phenoxy) is 4. The molecule has 8 atom stereocenters. The van der Waals surface area contributed by atoms with Crippen LogP contribution in [0.25, 0.3) is 0 Å². The van der Waals surface area contributed by atoms with Crippen molar-refractivity contribution >= 4 is 29.7 Å². The lowest BCUT2D eigenvalue weighted by molar-refractivity contribution is -0.177. The highest BCUT2D eigenvalue weighted by Crippen LogP contribution is 2.35. The minimum absolute atomic E-state index is 0.00124. The molecule has 3 aliphatic heterocycles. The lowest BCUT2D eigenvalue weighted by atomic mass is 9.78. The summed E-state index contributed by atoms with van der Waals surface area (Å²) >= 11 is 0. The van der Waals surface area contributed by atoms with Crippen molar-refractivity contribution in [2.75, 3.05) is 0 Å². The molecule has 3 fully saturated rings. The Balaban J connectivity index is 0.000000526. The number of Topliss-reactive ketones (excluding diaryl/α,β-unsaturated/α-hetero) is 1. The fourth-order valence-corrected chi connectivity index (χ4v) is 10.8. The number of esters is 4. The Bertz CT molecular complexity index is 1470. The van der Waals surface area contributed by atoms with Crippen LogP contribution in [0.15, 0.2) is 11.3 Å². The second-order valence-electron chi connectivity index (χ2n) is 22.4. The highest BCUT2D eigenvalue weighted by molar-refractivity contribution is 5.99. The summed E-state index contributed by atoms with van der Waals surface area (Å²) in [5, 5.41) is 10.3. The van der Waals surface area contributed by atoms with E-state index in [0.717, 1.165) is 64.2 Å². The number of carbonyl (C=O) groups excluding carboxylic acids is 5. The smallest absolute Gasteiger partial charge is 0.337 e. The second-order valence-corrected chi connectivity index (χ2v) is 22.4. The van der Waals surface area contributed by atoms with Gasteiger partial charge in [0.05, 0.1) is 29.8 Å². The molecule has 10 nitrogen and oxygen atoms in total. The van der Waals surface area contributed by atoms with Gasteiger partial charge in [0.2, 0.25) is 0 Å². The van der Waals surface area contributed by atoms with Crippen molar-refractivity contribution < 1.29 is 48.0 Å². The molecule has 0 saturated carbocycles. The lowest BCUT2D eigenvalue weighted by Crippen LogP contribution is -2.45. The summed E-state index contributed by atoms with van der Waals surface area (Å²) in [6, 6.07) is 0. The molecular formula is C60H108O10. The van der Waals surface area contributed by atoms with Gasteiger partial charge in [0.1, 0.15) is 23.1 Å². The molecule has 3 saturated heterocycles. The number of carbonyl (C=O) groups is 5. The Morgan fingerprint density at radius 2 is 1.01 bits per heavy atom. The molecule has 0 spiro atoms. The van der Waals surface area contributed by atoms with Gasteiger partial charge in [-0.05, 0) is 84.0 Å². The van der Waals surface area contributed by atoms with Gasteiger partial charge in [0.15, 0.2) is 0 Å². The van der Waals surface area contributed by atoms with Crippen molar-refractivity contribution in [1.29, 1.82) is 0 Å². The molecule has 3 heterocycles. The fraction of sp³-hybridized carbons (Fsp3) is 0.883. The zero-order chi connectivity index (χ0) is 52.3. The van der Waals surface area contributed by atoms with E-state index in [1.807, 2.05) is 41.5 Å². The summed E-state index contributed by atoms with van der Waals surface area (Å²) in [5.74, 6) is -1.03. The molecule has 3 aliphatic rings. The maximum atomic E-state index is 12.3. The predicted octanol–water partition coefficient (Wildman–Crippen LogP) is 16.0. The Kier molecular flexibility index (Phi) is 36.2. The van der Waals surface area contributed by atoms with Crippen molar-refractivity contribution in [1.82, 2.24) is 0 Å². The van der Waals surface area contributed by atoms with Crippen LogP contribution < -0.4 is 0 Å². The number of ketones is 1. The standard InChI is InChI=1S/C21H36O4.C20H36O3.C19H36O3/c1-5-6-7-8-9-10-11-12-13-14-19(25-18(4)22)20-16(2)15-17(3)24-21(20)23;1-5-6-7-8-9-10-11-12-13-14-17(21)18-16(2)15-20(3,4)23-19(18)22;1-4-5-6-7-8-9-10-11-12-13-17(20)18-15(2)14-16(3)22-19(18)21/h16-17H,5-15H2,1-4H3;16,18H,5-15H2,1-4H3;15-18,20H,4-14H2,1-3H3/b20-19+;;/t16-,17-;16-,18-;15-,16-,17?,18-/m000/s1. The van der Waals surface area contributed by atoms with E-state index in [1.165, 1.54) is 142 Å². The molecule has 0 amide bonds. The number of hydrogen-bond acceptors (Lipinski definition) is 10. The van der Waals surface area contributed by atoms with Crippen molar-refractivity contribution in [3.8, 4) is 0 Å². The highest BCUT2D eigenvalue weighted by Gasteiger charge is 2.43. The molecule has 0 aromatic rings. The van der Waals surface area contributed by atoms with Crippen LogP contribution in [0.1, 0.15) is 288 Å². The molecule has 408 valence electrons. The first kappa shape index (κ1) is 65.3. The molecule has 0 radical (unpaired) electrons. The summed E-state index contributed by atoms with van der Waals surface area (Å²) in [7, 11) is 0. The fourth-order valence-electron chi connectivity index (χ4n) is 10.8. The van der Waals surface area contributed by atoms with Crippen molar-refractivity contribution in [3.63, 3.8) is 0 Å². The van der Waals surface area contributed by atoms with E-state index in [0.29, 0.717) is 24.2 Å². The van der Waals surface area contributed by atoms with Crippen molar-refractivity contribution in [2.24, 2.45) is 29.6 Å². The molecule has 0 aliphatic carbocycles. The average Bonchev–Trinajstić information content (AvgIpc) is 3.26. The number of allylic oxidation sites excluding steroid dienone is 1. The summed E-state index contributed by atoms with van der Waals surface area (Å²) in [6.45, 7) is 21.8. The summed E-state index contributed by atoms with van der Waals surface area (Å²) in [4.78, 5) is 60.0. The second kappa shape index (κ2) is 38.8. The highest BCUT2D eigenvalue weighted by atomic mass is 16.6. The molecule has 0 aromatic carbocycles. The van der Waals surface area contributed by atoms with Gasteiger partial charge < -0.3 is 24.1 Å². The van der Waals surface area contributed by atoms with Crippen LogP contribution in [0.2, 0.25) is 0 Å². The third-order valence-corrected chi connectivity index (χ3v) is 14.6. The number of rotatable bonds is 33. The average molecular weight is 990 g/mol. The summed E-state index contributed by atoms with van der Waals surface area (Å²) < 4.78 is 21.4. The largest absolute Gasteiger partial charge is 0.462 e. The van der Waals surface area contributed by atoms with E-state index in [9.17, 15) is 29.1 Å². The van der Waals surface area contributed by atoms with Crippen LogP contribution in [0, 0.1) is 29.6 Å². The maximum absolute atomic E-state index is 12.3. The minimum Gasteiger partial charge on any atom is -0.462 e. The Labute approximate surface area is 429 Å². The molecule has 1 N–H and O–H groups in total. The van der Waals surface area contributed by atoms with Crippen LogP contribution >= 0.6 is 0 Å². The Morgan fingerprint density at radius 1 is 0.586 bits per heavy atom. The monoisotopic (exact) mass is 989 g/mol. The topological polar surface area (TPSA) is 142 Å². The first-order valence-electron chi connectivity index (χ1n) is 29.1. The van der Waals surface area contributed by atoms with Crippen LogP contribution in [-0.4, -0.2) is 58.7 Å². The van der Waals surface area contributed by atoms with Gasteiger partial charge in [-0.1, -0.05) is 202 Å². The SMILES string of the molecule is CCCCCCCCCCC/C(OC(C)=O)=C1\C(=O)O[C@@H](C)C[C@@H]1C.CCCCCCCCCCCC(=O)[C@H]1C(=O)OC(C)(C)C[C@@H]1C.CCCCCCCCCCCC(O)[C@H]1C(=O)O[C@@H](C)C[C@@H]1C. The molecule has 3 rings (SSSR count). The van der Waals surface area contributed by atoms with Crippen molar-refractivity contribution in [2.45, 2.75) is 312 Å². The molecule has 0 bridgehead atoms. The third-order valence-electron chi connectivity index (χ3n) is 14.6. The lowest BCUT2D eigenvalue weighted by Gasteiger charge is -2.37. The zero-order valence-corrected chi connectivity index (χ0v) is 47.1. The van der Waals surface area contributed by atoms with Gasteiger partial charge in [-0.2, -0.15) is 0 Å². The van der Waals surface area contributed by atoms with E-state index in [2.05, 4.69) is 27.7 Å². The quantitative estimate of drug-likeness (QED) is 0.0169. The van der Waals surface area contributed by atoms with Gasteiger partial charge in [0.25, 0.3) is 0 Å². The normalized spacial score (nSPS) is 24.2. The first-order chi connectivity index (χ1) is 33.4. The van der Waals surface area contributed by atoms with Gasteiger partial charge >= 0.3 is 23.9 Å². The molecule has 70 heavy (non-hydrogen) atoms. The number of aliphatic hydroxyl groups excluding tert-OH is 1. The maximum Gasteiger partial charge on any atom is 0.337 e. The van der Waals surface area contributed by atoms with Crippen LogP contribution in [-0.2, 0) is 42.9 Å². The van der Waals surface area contributed by atoms with Crippen LogP contribution in [0.4, 0.5) is 0 Å². The van der Waals surface area contributed by atoms with E-state index < -0.39 is 17.6 Å². The van der Waals surface area contributed by atoms with Gasteiger partial charge in [-0.3, -0.25) is 19.2 Å². The van der Waals surface area contributed by atoms with Gasteiger partial charge in [-0.25, -0.2) is 4.79 Å². The number of unbranched alkanes of at least 4 members (excludes halogenated alkanes) is 24. The van der Waals surface area contributed by atoms with Crippen LogP contribution in [0.3, 0.4) is 0 Å². The van der Waals surface area contributed by atoms with Gasteiger partial charge in [-0.15, -0.1) is 0 Å². The molecular weight excluding hydrogens is 881 g/mol. The van der Waals surface area contributed by atoms with E-state index in [1.54, 1.807) is 0 Å². The molecule has 1 unspecified atom stereocenters. The van der Waals surface area contributed by atoms with Crippen molar-refractivity contribution in [3.05, 3.63) is 11.3 Å². The predicted molar refractivity (Wildman–Crippen MR) is 285 cm³/mol. The first-order valence-corrected chi connectivity index (χ1v) is 29.1. The van der Waals surface area contributed by atoms with Gasteiger partial charge in [0, 0.05) is 19.8 Å². The molecule has 10 heteroatoms. The Morgan fingerprint density at radius 3 is 1.44 bits per heavy atom. The van der Waals surface area contributed by atoms with E-state index in [4.69, 9.17) is 18.9 Å². The zero-order valence-electron chi connectivity index (χ0n) is 47.1. The van der Waals surface area contributed by atoms with Crippen LogP contribution in [0.5, 0.6) is 0 Å². The number of hydrogen-bond donors (Lipinski definition) is 1. The number of aliphatic hydroxyl groups is 1. The Hall–Kier alpha value is -2.75. The third kappa shape index (κ3) is 29.1. The molecule has 0 aromatic heterocycles. The minimum atomic E-state index is -0.530.